The number of fused-ring (bicyclic) bond motifs is 5. The van der Waals surface area contributed by atoms with E-state index in [1.165, 1.54) is 76.4 Å². The first-order valence-electron chi connectivity index (χ1n) is 23.2. The van der Waals surface area contributed by atoms with Crippen LogP contribution in [0.5, 0.6) is 0 Å². The maximum Gasteiger partial charge on any atom is 0.244 e. The monoisotopic (exact) mass is 865 g/mol. The standard InChI is InChI=1S/C61H48BN3S/c1-3-43-38-54-52(61-42(2)51-32-19-20-35-57(51)65(61)48-30-17-8-18-31-48)33-21-34-55(54)62-56-37-36-49(63(44-22-9-4-10-23-44)45-24-11-5-12-25-45)40-58(56)66-59-41-50(39-53(43)60(59)62)64(46-26-13-6-14-27-46)47-28-15-7-16-29-47/h4-37,39-41,43H,3,38H2,1-2H3/t43-/m0/s1. The first-order chi connectivity index (χ1) is 32.6. The molecule has 0 amide bonds. The van der Waals surface area contributed by atoms with Crippen molar-refractivity contribution in [3.8, 4) is 16.9 Å². The number of hydrogen-bond donors (Lipinski definition) is 0. The summed E-state index contributed by atoms with van der Waals surface area (Å²) >= 11 is 1.94. The molecular formula is C61H48BN3S. The van der Waals surface area contributed by atoms with Crippen LogP contribution >= 0.6 is 11.8 Å². The van der Waals surface area contributed by atoms with Crippen molar-refractivity contribution in [3.63, 3.8) is 0 Å². The molecule has 0 aliphatic carbocycles. The zero-order valence-corrected chi connectivity index (χ0v) is 38.0. The smallest absolute Gasteiger partial charge is 0.244 e. The van der Waals surface area contributed by atoms with Gasteiger partial charge < -0.3 is 14.4 Å². The quantitative estimate of drug-likeness (QED) is 0.134. The predicted octanol–water partition coefficient (Wildman–Crippen LogP) is 14.6. The summed E-state index contributed by atoms with van der Waals surface area (Å²) in [4.78, 5) is 7.45. The van der Waals surface area contributed by atoms with E-state index in [1.54, 1.807) is 0 Å². The molecule has 2 aliphatic heterocycles. The van der Waals surface area contributed by atoms with Gasteiger partial charge in [0, 0.05) is 60.6 Å². The second-order valence-corrected chi connectivity index (χ2v) is 18.6. The molecule has 0 saturated heterocycles. The second kappa shape index (κ2) is 16.8. The van der Waals surface area contributed by atoms with Gasteiger partial charge in [-0.05, 0) is 133 Å². The fourth-order valence-corrected chi connectivity index (χ4v) is 12.1. The topological polar surface area (TPSA) is 11.4 Å². The van der Waals surface area contributed by atoms with Gasteiger partial charge in [0.05, 0.1) is 11.2 Å². The third-order valence-electron chi connectivity index (χ3n) is 13.9. The number of aryl methyl sites for hydroxylation is 1. The Kier molecular flexibility index (Phi) is 10.2. The van der Waals surface area contributed by atoms with Crippen LogP contribution in [0, 0.1) is 6.92 Å². The van der Waals surface area contributed by atoms with Crippen molar-refractivity contribution in [2.45, 2.75) is 42.4 Å². The summed E-state index contributed by atoms with van der Waals surface area (Å²) in [5.41, 5.74) is 20.3. The lowest BCUT2D eigenvalue weighted by molar-refractivity contribution is 0.666. The lowest BCUT2D eigenvalue weighted by atomic mass is 9.35. The van der Waals surface area contributed by atoms with Crippen LogP contribution in [-0.2, 0) is 6.42 Å². The van der Waals surface area contributed by atoms with Crippen LogP contribution in [0.2, 0.25) is 0 Å². The Bertz CT molecular complexity index is 3290. The van der Waals surface area contributed by atoms with Gasteiger partial charge in [0.2, 0.25) is 6.71 Å². The molecule has 5 heteroatoms. The van der Waals surface area contributed by atoms with Crippen LogP contribution in [0.1, 0.15) is 36.0 Å². The fourth-order valence-electron chi connectivity index (χ4n) is 10.9. The molecule has 0 fully saturated rings. The lowest BCUT2D eigenvalue weighted by Gasteiger charge is -2.33. The average molecular weight is 866 g/mol. The van der Waals surface area contributed by atoms with E-state index in [0.717, 1.165) is 41.3 Å². The van der Waals surface area contributed by atoms with Gasteiger partial charge in [0.25, 0.3) is 0 Å². The van der Waals surface area contributed by atoms with Crippen LogP contribution in [0.25, 0.3) is 27.8 Å². The molecule has 316 valence electrons. The summed E-state index contributed by atoms with van der Waals surface area (Å²) in [6.07, 6.45) is 1.96. The summed E-state index contributed by atoms with van der Waals surface area (Å²) in [7, 11) is 0. The van der Waals surface area contributed by atoms with Crippen molar-refractivity contribution in [2.75, 3.05) is 9.80 Å². The number of rotatable bonds is 9. The van der Waals surface area contributed by atoms with E-state index >= 15 is 0 Å². The number of hydrogen-bond acceptors (Lipinski definition) is 3. The van der Waals surface area contributed by atoms with Crippen molar-refractivity contribution in [1.82, 2.24) is 4.57 Å². The molecule has 3 heterocycles. The first-order valence-corrected chi connectivity index (χ1v) is 24.0. The summed E-state index contributed by atoms with van der Waals surface area (Å²) in [6, 6.07) is 82.6. The average Bonchev–Trinajstić information content (AvgIpc) is 3.58. The molecule has 0 N–H and O–H groups in total. The molecule has 12 rings (SSSR count). The van der Waals surface area contributed by atoms with Crippen LogP contribution in [-0.4, -0.2) is 11.3 Å². The van der Waals surface area contributed by atoms with Crippen molar-refractivity contribution >= 4 is 79.9 Å². The van der Waals surface area contributed by atoms with E-state index in [0.29, 0.717) is 5.92 Å². The molecule has 0 unspecified atom stereocenters. The SMILES string of the molecule is CC[C@H]1Cc2c(cccc2-c2c(C)c3ccccc3n2-c2ccccc2)B2c3ccc(N(c4ccccc4)c4ccccc4)cc3Sc3cc(N(c4ccccc4)c4ccccc4)cc1c32. The van der Waals surface area contributed by atoms with E-state index in [-0.39, 0.29) is 6.71 Å². The molecule has 0 spiro atoms. The first kappa shape index (κ1) is 40.1. The number of aromatic nitrogens is 1. The molecule has 2 aliphatic rings. The number of para-hydroxylation sites is 6. The van der Waals surface area contributed by atoms with Gasteiger partial charge in [-0.1, -0.05) is 169 Å². The van der Waals surface area contributed by atoms with Crippen LogP contribution in [0.3, 0.4) is 0 Å². The fraction of sp³-hybridized carbons (Fsp3) is 0.0820. The largest absolute Gasteiger partial charge is 0.310 e. The molecule has 0 saturated carbocycles. The van der Waals surface area contributed by atoms with E-state index in [1.807, 2.05) is 11.8 Å². The minimum absolute atomic E-state index is 0.0412. The Hall–Kier alpha value is -7.47. The number of anilines is 6. The minimum Gasteiger partial charge on any atom is -0.310 e. The van der Waals surface area contributed by atoms with Gasteiger partial charge in [0.15, 0.2) is 0 Å². The van der Waals surface area contributed by atoms with Crippen LogP contribution < -0.4 is 26.2 Å². The lowest BCUT2D eigenvalue weighted by Crippen LogP contribution is -2.56. The molecule has 66 heavy (non-hydrogen) atoms. The number of nitrogens with zero attached hydrogens (tertiary/aromatic N) is 3. The Morgan fingerprint density at radius 1 is 0.515 bits per heavy atom. The van der Waals surface area contributed by atoms with E-state index in [9.17, 15) is 0 Å². The van der Waals surface area contributed by atoms with Crippen molar-refractivity contribution < 1.29 is 0 Å². The molecule has 1 atom stereocenters. The Balaban J connectivity index is 1.12. The Morgan fingerprint density at radius 2 is 1.06 bits per heavy atom. The second-order valence-electron chi connectivity index (χ2n) is 17.6. The zero-order chi connectivity index (χ0) is 44.1. The third-order valence-corrected chi connectivity index (χ3v) is 15.0. The van der Waals surface area contributed by atoms with Crippen molar-refractivity contribution in [1.29, 1.82) is 0 Å². The predicted molar refractivity (Wildman–Crippen MR) is 281 cm³/mol. The summed E-state index contributed by atoms with van der Waals surface area (Å²) in [5.74, 6) is 0.292. The zero-order valence-electron chi connectivity index (χ0n) is 37.2. The minimum atomic E-state index is 0.0412. The third kappa shape index (κ3) is 6.77. The number of benzene rings is 9. The van der Waals surface area contributed by atoms with Crippen molar-refractivity contribution in [3.05, 3.63) is 241 Å². The Morgan fingerprint density at radius 3 is 1.67 bits per heavy atom. The maximum absolute atomic E-state index is 2.55. The summed E-state index contributed by atoms with van der Waals surface area (Å²) < 4.78 is 2.51. The molecule has 9 aromatic carbocycles. The highest BCUT2D eigenvalue weighted by atomic mass is 32.2. The van der Waals surface area contributed by atoms with Gasteiger partial charge >= 0.3 is 0 Å². The highest BCUT2D eigenvalue weighted by Crippen LogP contribution is 2.46. The van der Waals surface area contributed by atoms with Gasteiger partial charge in [-0.15, -0.1) is 0 Å². The molecule has 0 radical (unpaired) electrons. The normalized spacial score (nSPS) is 13.7. The summed E-state index contributed by atoms with van der Waals surface area (Å²) in [6.45, 7) is 4.76. The van der Waals surface area contributed by atoms with E-state index in [4.69, 9.17) is 0 Å². The van der Waals surface area contributed by atoms with Crippen LogP contribution in [0.15, 0.2) is 234 Å². The highest BCUT2D eigenvalue weighted by molar-refractivity contribution is 8.00. The molecular weight excluding hydrogens is 818 g/mol. The van der Waals surface area contributed by atoms with E-state index in [2.05, 4.69) is 253 Å². The maximum atomic E-state index is 2.55. The molecule has 3 nitrogen and oxygen atoms in total. The van der Waals surface area contributed by atoms with Gasteiger partial charge in [-0.3, -0.25) is 0 Å². The van der Waals surface area contributed by atoms with E-state index < -0.39 is 0 Å². The molecule has 0 bridgehead atoms. The highest BCUT2D eigenvalue weighted by Gasteiger charge is 2.40. The molecule has 10 aromatic rings. The van der Waals surface area contributed by atoms with Crippen LogP contribution in [0.4, 0.5) is 34.1 Å². The van der Waals surface area contributed by atoms with Gasteiger partial charge in [-0.25, -0.2) is 0 Å². The summed E-state index contributed by atoms with van der Waals surface area (Å²) in [5, 5.41) is 1.29. The Labute approximate surface area is 392 Å². The van der Waals surface area contributed by atoms with Crippen molar-refractivity contribution in [2.24, 2.45) is 0 Å². The molecule has 1 aromatic heterocycles. The van der Waals surface area contributed by atoms with Gasteiger partial charge in [0.1, 0.15) is 0 Å². The van der Waals surface area contributed by atoms with Gasteiger partial charge in [-0.2, -0.15) is 0 Å².